The Morgan fingerprint density at radius 1 is 1.12 bits per heavy atom. The maximum Gasteiger partial charge on any atom is 0.254 e. The molecule has 128 valence electrons. The Kier molecular flexibility index (Phi) is 5.86. The van der Waals surface area contributed by atoms with E-state index >= 15 is 0 Å². The molecule has 0 spiro atoms. The van der Waals surface area contributed by atoms with Crippen molar-refractivity contribution >= 4 is 24.0 Å². The molecule has 2 aromatic carbocycles. The first kappa shape index (κ1) is 18.3. The number of halogens is 1. The number of benzene rings is 2. The number of ether oxygens (including phenoxy) is 1. The summed E-state index contributed by atoms with van der Waals surface area (Å²) in [7, 11) is 0. The topological polar surface area (TPSA) is 55.6 Å². The summed E-state index contributed by atoms with van der Waals surface area (Å²) in [5.41, 5.74) is 8.14. The van der Waals surface area contributed by atoms with Crippen LogP contribution in [0, 0.1) is 0 Å². The Morgan fingerprint density at radius 2 is 1.83 bits per heavy atom. The zero-order chi connectivity index (χ0) is 16.4. The maximum atomic E-state index is 13.0. The summed E-state index contributed by atoms with van der Waals surface area (Å²) in [6.07, 6.45) is -0.114. The van der Waals surface area contributed by atoms with E-state index in [1.807, 2.05) is 61.2 Å². The van der Waals surface area contributed by atoms with E-state index < -0.39 is 0 Å². The number of hydrogen-bond acceptors (Lipinski definition) is 3. The molecule has 1 fully saturated rings. The van der Waals surface area contributed by atoms with E-state index in [1.54, 1.807) is 12.1 Å². The molecule has 3 atom stereocenters. The van der Waals surface area contributed by atoms with Crippen LogP contribution < -0.4 is 5.73 Å². The molecule has 3 unspecified atom stereocenters. The molecule has 1 aliphatic rings. The van der Waals surface area contributed by atoms with Crippen molar-refractivity contribution in [3.8, 4) is 0 Å². The van der Waals surface area contributed by atoms with Gasteiger partial charge in [-0.1, -0.05) is 36.4 Å². The second-order valence-electron chi connectivity index (χ2n) is 6.09. The first-order valence-corrected chi connectivity index (χ1v) is 7.92. The molecule has 1 aliphatic heterocycles. The Bertz CT molecular complexity index is 693. The van der Waals surface area contributed by atoms with Gasteiger partial charge in [0.2, 0.25) is 0 Å². The van der Waals surface area contributed by atoms with Crippen LogP contribution in [0.1, 0.15) is 35.9 Å². The summed E-state index contributed by atoms with van der Waals surface area (Å²) in [6.45, 7) is 4.58. The van der Waals surface area contributed by atoms with Crippen LogP contribution in [0.5, 0.6) is 0 Å². The highest BCUT2D eigenvalue weighted by Gasteiger charge is 2.37. The molecule has 0 aliphatic carbocycles. The van der Waals surface area contributed by atoms with Crippen LogP contribution in [0.15, 0.2) is 54.6 Å². The smallest absolute Gasteiger partial charge is 0.254 e. The maximum absolute atomic E-state index is 13.0. The summed E-state index contributed by atoms with van der Waals surface area (Å²) in [4.78, 5) is 14.9. The normalized spacial score (nSPS) is 23.4. The lowest BCUT2D eigenvalue weighted by Gasteiger charge is -2.44. The van der Waals surface area contributed by atoms with Crippen molar-refractivity contribution < 1.29 is 9.53 Å². The second-order valence-corrected chi connectivity index (χ2v) is 6.09. The lowest BCUT2D eigenvalue weighted by molar-refractivity contribution is -0.0806. The van der Waals surface area contributed by atoms with Gasteiger partial charge in [-0.05, 0) is 37.6 Å². The van der Waals surface area contributed by atoms with Crippen LogP contribution in [0.25, 0.3) is 0 Å². The average molecular weight is 347 g/mol. The van der Waals surface area contributed by atoms with Crippen molar-refractivity contribution in [2.75, 3.05) is 12.3 Å². The van der Waals surface area contributed by atoms with Crippen LogP contribution >= 0.6 is 12.4 Å². The van der Waals surface area contributed by atoms with Gasteiger partial charge in [0.1, 0.15) is 6.10 Å². The van der Waals surface area contributed by atoms with Crippen LogP contribution in [0.2, 0.25) is 0 Å². The number of morpholine rings is 1. The molecule has 1 heterocycles. The molecule has 1 saturated heterocycles. The third-order valence-electron chi connectivity index (χ3n) is 4.36. The van der Waals surface area contributed by atoms with E-state index in [1.165, 1.54) is 0 Å². The van der Waals surface area contributed by atoms with Gasteiger partial charge in [-0.15, -0.1) is 12.4 Å². The quantitative estimate of drug-likeness (QED) is 0.844. The van der Waals surface area contributed by atoms with Crippen molar-refractivity contribution in [3.05, 3.63) is 65.7 Å². The predicted molar refractivity (Wildman–Crippen MR) is 98.3 cm³/mol. The van der Waals surface area contributed by atoms with Gasteiger partial charge in [0, 0.05) is 11.3 Å². The summed E-state index contributed by atoms with van der Waals surface area (Å²) < 4.78 is 6.01. The van der Waals surface area contributed by atoms with Crippen molar-refractivity contribution in [3.63, 3.8) is 0 Å². The van der Waals surface area contributed by atoms with Crippen molar-refractivity contribution in [2.45, 2.75) is 32.0 Å². The van der Waals surface area contributed by atoms with Gasteiger partial charge in [-0.2, -0.15) is 0 Å². The molecule has 24 heavy (non-hydrogen) atoms. The number of nitrogens with zero attached hydrogens (tertiary/aromatic N) is 1. The number of carbonyl (C=O) groups excluding carboxylic acids is 1. The van der Waals surface area contributed by atoms with E-state index in [-0.39, 0.29) is 36.5 Å². The molecule has 0 bridgehead atoms. The fourth-order valence-corrected chi connectivity index (χ4v) is 3.23. The molecule has 3 rings (SSSR count). The number of rotatable bonds is 2. The van der Waals surface area contributed by atoms with Gasteiger partial charge < -0.3 is 15.4 Å². The van der Waals surface area contributed by atoms with Gasteiger partial charge >= 0.3 is 0 Å². The van der Waals surface area contributed by atoms with Crippen molar-refractivity contribution in [1.82, 2.24) is 4.90 Å². The lowest BCUT2D eigenvalue weighted by Crippen LogP contribution is -2.53. The Hall–Kier alpha value is -2.04. The third kappa shape index (κ3) is 3.55. The number of carbonyl (C=O) groups is 1. The molecule has 0 aromatic heterocycles. The highest BCUT2D eigenvalue weighted by atomic mass is 35.5. The molecule has 2 aromatic rings. The molecule has 2 N–H and O–H groups in total. The van der Waals surface area contributed by atoms with Crippen molar-refractivity contribution in [1.29, 1.82) is 0 Å². The minimum Gasteiger partial charge on any atom is -0.399 e. The molecule has 0 saturated carbocycles. The summed E-state index contributed by atoms with van der Waals surface area (Å²) in [5.74, 6) is 0.00142. The van der Waals surface area contributed by atoms with Gasteiger partial charge in [-0.3, -0.25) is 4.79 Å². The number of amides is 1. The molecular formula is C19H23ClN2O2. The van der Waals surface area contributed by atoms with Crippen molar-refractivity contribution in [2.24, 2.45) is 0 Å². The summed E-state index contributed by atoms with van der Waals surface area (Å²) in [6, 6.07) is 17.2. The standard InChI is InChI=1S/C19H22N2O2.ClH/c1-13-12-23-18(15-7-4-3-5-8-15)14(2)21(13)19(22)16-9-6-10-17(20)11-16;/h3-11,13-14,18H,12,20H2,1-2H3;1H. The zero-order valence-electron chi connectivity index (χ0n) is 13.9. The van der Waals surface area contributed by atoms with Crippen LogP contribution in [-0.2, 0) is 4.74 Å². The molecule has 1 amide bonds. The third-order valence-corrected chi connectivity index (χ3v) is 4.36. The highest BCUT2D eigenvalue weighted by molar-refractivity contribution is 5.95. The van der Waals surface area contributed by atoms with E-state index in [9.17, 15) is 4.79 Å². The number of nitrogen functional groups attached to an aromatic ring is 1. The average Bonchev–Trinajstić information content (AvgIpc) is 2.55. The van der Waals surface area contributed by atoms with Gasteiger partial charge in [0.05, 0.1) is 18.7 Å². The summed E-state index contributed by atoms with van der Waals surface area (Å²) >= 11 is 0. The number of nitrogens with two attached hydrogens (primary N) is 1. The van der Waals surface area contributed by atoms with Gasteiger partial charge in [-0.25, -0.2) is 0 Å². The van der Waals surface area contributed by atoms with Crippen LogP contribution in [-0.4, -0.2) is 29.5 Å². The zero-order valence-corrected chi connectivity index (χ0v) is 14.7. The largest absolute Gasteiger partial charge is 0.399 e. The molecule has 5 heteroatoms. The predicted octanol–water partition coefficient (Wildman–Crippen LogP) is 3.68. The minimum atomic E-state index is -0.114. The molecule has 0 radical (unpaired) electrons. The van der Waals surface area contributed by atoms with Gasteiger partial charge in [0.25, 0.3) is 5.91 Å². The fourth-order valence-electron chi connectivity index (χ4n) is 3.23. The van der Waals surface area contributed by atoms with E-state index in [4.69, 9.17) is 10.5 Å². The van der Waals surface area contributed by atoms with Crippen LogP contribution in [0.3, 0.4) is 0 Å². The Labute approximate surface area is 149 Å². The van der Waals surface area contributed by atoms with E-state index in [0.29, 0.717) is 17.9 Å². The van der Waals surface area contributed by atoms with E-state index in [2.05, 4.69) is 0 Å². The first-order valence-electron chi connectivity index (χ1n) is 7.92. The first-order chi connectivity index (χ1) is 11.1. The molecule has 4 nitrogen and oxygen atoms in total. The second kappa shape index (κ2) is 7.69. The fraction of sp³-hybridized carbons (Fsp3) is 0.316. The lowest BCUT2D eigenvalue weighted by atomic mass is 9.97. The highest BCUT2D eigenvalue weighted by Crippen LogP contribution is 2.32. The number of anilines is 1. The summed E-state index contributed by atoms with van der Waals surface area (Å²) in [5, 5.41) is 0. The van der Waals surface area contributed by atoms with Gasteiger partial charge in [0.15, 0.2) is 0 Å². The Balaban J connectivity index is 0.00000208. The Morgan fingerprint density at radius 3 is 2.50 bits per heavy atom. The SMILES string of the molecule is CC1COC(c2ccccc2)C(C)N1C(=O)c1cccc(N)c1.Cl. The number of hydrogen-bond donors (Lipinski definition) is 1. The monoisotopic (exact) mass is 346 g/mol. The molecular weight excluding hydrogens is 324 g/mol. The van der Waals surface area contributed by atoms with E-state index in [0.717, 1.165) is 5.56 Å². The minimum absolute atomic E-state index is 0. The van der Waals surface area contributed by atoms with Crippen LogP contribution in [0.4, 0.5) is 5.69 Å².